The van der Waals surface area contributed by atoms with E-state index in [0.29, 0.717) is 0 Å². The lowest BCUT2D eigenvalue weighted by atomic mass is 10.2. The molecular weight excluding hydrogens is 282 g/mol. The SMILES string of the molecule is CSc1c(-c2cccs2)cn(-c2ccccc2C)c1C. The van der Waals surface area contributed by atoms with Crippen LogP contribution in [0.3, 0.4) is 0 Å². The third-order valence-corrected chi connectivity index (χ3v) is 5.39. The highest BCUT2D eigenvalue weighted by molar-refractivity contribution is 7.98. The van der Waals surface area contributed by atoms with Gasteiger partial charge in [-0.15, -0.1) is 23.1 Å². The second-order valence-electron chi connectivity index (χ2n) is 4.80. The van der Waals surface area contributed by atoms with E-state index in [9.17, 15) is 0 Å². The maximum Gasteiger partial charge on any atom is 0.0482 e. The summed E-state index contributed by atoms with van der Waals surface area (Å²) in [6.07, 6.45) is 4.43. The van der Waals surface area contributed by atoms with E-state index < -0.39 is 0 Å². The molecule has 3 heteroatoms. The largest absolute Gasteiger partial charge is 0.319 e. The monoisotopic (exact) mass is 299 g/mol. The number of aromatic nitrogens is 1. The highest BCUT2D eigenvalue weighted by Gasteiger charge is 2.15. The van der Waals surface area contributed by atoms with Gasteiger partial charge in [-0.3, -0.25) is 0 Å². The molecule has 0 atom stereocenters. The van der Waals surface area contributed by atoms with Crippen LogP contribution in [0.2, 0.25) is 0 Å². The molecule has 102 valence electrons. The Labute approximate surface area is 128 Å². The second kappa shape index (κ2) is 5.51. The van der Waals surface area contributed by atoms with Crippen molar-refractivity contribution in [1.29, 1.82) is 0 Å². The number of thioether (sulfide) groups is 1. The van der Waals surface area contributed by atoms with E-state index in [1.165, 1.54) is 32.3 Å². The summed E-state index contributed by atoms with van der Waals surface area (Å²) in [5.74, 6) is 0. The first-order chi connectivity index (χ1) is 9.72. The molecule has 1 nitrogen and oxygen atoms in total. The maximum absolute atomic E-state index is 2.32. The number of para-hydroxylation sites is 1. The fourth-order valence-electron chi connectivity index (χ4n) is 2.54. The Hall–Kier alpha value is -1.45. The topological polar surface area (TPSA) is 4.93 Å². The first kappa shape index (κ1) is 13.5. The zero-order valence-electron chi connectivity index (χ0n) is 11.9. The van der Waals surface area contributed by atoms with E-state index >= 15 is 0 Å². The summed E-state index contributed by atoms with van der Waals surface area (Å²) in [7, 11) is 0. The molecule has 0 aliphatic heterocycles. The normalized spacial score (nSPS) is 10.9. The van der Waals surface area contributed by atoms with Gasteiger partial charge in [0.2, 0.25) is 0 Å². The van der Waals surface area contributed by atoms with Crippen LogP contribution in [-0.4, -0.2) is 10.8 Å². The molecule has 0 radical (unpaired) electrons. The average Bonchev–Trinajstić information content (AvgIpc) is 3.07. The molecule has 2 heterocycles. The van der Waals surface area contributed by atoms with Crippen LogP contribution in [0.4, 0.5) is 0 Å². The summed E-state index contributed by atoms with van der Waals surface area (Å²) in [5.41, 5.74) is 5.22. The van der Waals surface area contributed by atoms with Crippen LogP contribution in [0.25, 0.3) is 16.1 Å². The first-order valence-electron chi connectivity index (χ1n) is 6.58. The molecule has 0 saturated carbocycles. The molecule has 2 aromatic heterocycles. The van der Waals surface area contributed by atoms with Gasteiger partial charge in [-0.2, -0.15) is 0 Å². The van der Waals surface area contributed by atoms with Crippen molar-refractivity contribution in [3.05, 3.63) is 59.2 Å². The quantitative estimate of drug-likeness (QED) is 0.574. The molecule has 20 heavy (non-hydrogen) atoms. The average molecular weight is 299 g/mol. The maximum atomic E-state index is 2.32. The van der Waals surface area contributed by atoms with Gasteiger partial charge in [-0.1, -0.05) is 24.3 Å². The molecule has 0 unspecified atom stereocenters. The Kier molecular flexibility index (Phi) is 3.72. The van der Waals surface area contributed by atoms with Crippen molar-refractivity contribution in [2.24, 2.45) is 0 Å². The Morgan fingerprint density at radius 3 is 2.50 bits per heavy atom. The van der Waals surface area contributed by atoms with Crippen molar-refractivity contribution < 1.29 is 0 Å². The smallest absolute Gasteiger partial charge is 0.0482 e. The number of rotatable bonds is 3. The van der Waals surface area contributed by atoms with Gasteiger partial charge in [-0.05, 0) is 43.2 Å². The first-order valence-corrected chi connectivity index (χ1v) is 8.68. The van der Waals surface area contributed by atoms with E-state index in [2.05, 4.69) is 72.6 Å². The highest BCUT2D eigenvalue weighted by atomic mass is 32.2. The molecule has 0 bridgehead atoms. The standard InChI is InChI=1S/C17H17NS2/c1-12-7-4-5-8-15(12)18-11-14(16-9-6-10-20-16)17(19-3)13(18)2/h4-11H,1-3H3. The Morgan fingerprint density at radius 1 is 1.05 bits per heavy atom. The lowest BCUT2D eigenvalue weighted by Crippen LogP contribution is -1.97. The molecule has 0 aliphatic carbocycles. The van der Waals surface area contributed by atoms with Gasteiger partial charge in [0.25, 0.3) is 0 Å². The molecule has 0 saturated heterocycles. The van der Waals surface area contributed by atoms with E-state index in [-0.39, 0.29) is 0 Å². The number of hydrogen-bond donors (Lipinski definition) is 0. The Balaban J connectivity index is 2.22. The second-order valence-corrected chi connectivity index (χ2v) is 6.56. The van der Waals surface area contributed by atoms with Crippen molar-refractivity contribution in [1.82, 2.24) is 4.57 Å². The van der Waals surface area contributed by atoms with Crippen LogP contribution in [0, 0.1) is 13.8 Å². The van der Waals surface area contributed by atoms with Crippen LogP contribution >= 0.6 is 23.1 Å². The number of benzene rings is 1. The molecule has 0 spiro atoms. The van der Waals surface area contributed by atoms with Crippen LogP contribution in [-0.2, 0) is 0 Å². The zero-order chi connectivity index (χ0) is 14.1. The third kappa shape index (κ3) is 2.21. The predicted octanol–water partition coefficient (Wildman–Crippen LogP) is 5.54. The number of aryl methyl sites for hydroxylation is 1. The summed E-state index contributed by atoms with van der Waals surface area (Å²) in [5, 5.41) is 2.14. The lowest BCUT2D eigenvalue weighted by Gasteiger charge is -2.09. The van der Waals surface area contributed by atoms with Gasteiger partial charge in [0, 0.05) is 32.9 Å². The van der Waals surface area contributed by atoms with E-state index in [4.69, 9.17) is 0 Å². The van der Waals surface area contributed by atoms with Crippen LogP contribution in [0.15, 0.2) is 52.9 Å². The molecule has 3 rings (SSSR count). The van der Waals surface area contributed by atoms with Gasteiger partial charge in [0.1, 0.15) is 0 Å². The van der Waals surface area contributed by atoms with Crippen molar-refractivity contribution in [3.8, 4) is 16.1 Å². The Morgan fingerprint density at radius 2 is 1.85 bits per heavy atom. The van der Waals surface area contributed by atoms with Crippen LogP contribution < -0.4 is 0 Å². The highest BCUT2D eigenvalue weighted by Crippen LogP contribution is 2.38. The van der Waals surface area contributed by atoms with Gasteiger partial charge in [0.15, 0.2) is 0 Å². The molecule has 0 aliphatic rings. The van der Waals surface area contributed by atoms with Crippen LogP contribution in [0.5, 0.6) is 0 Å². The molecule has 3 aromatic rings. The molecule has 0 fully saturated rings. The van der Waals surface area contributed by atoms with Gasteiger partial charge in [-0.25, -0.2) is 0 Å². The lowest BCUT2D eigenvalue weighted by molar-refractivity contribution is 0.983. The van der Waals surface area contributed by atoms with Gasteiger partial charge < -0.3 is 4.57 Å². The minimum Gasteiger partial charge on any atom is -0.319 e. The predicted molar refractivity (Wildman–Crippen MR) is 90.3 cm³/mol. The van der Waals surface area contributed by atoms with E-state index in [0.717, 1.165) is 0 Å². The number of hydrogen-bond acceptors (Lipinski definition) is 2. The van der Waals surface area contributed by atoms with Gasteiger partial charge in [0.05, 0.1) is 0 Å². The third-order valence-electron chi connectivity index (χ3n) is 3.56. The van der Waals surface area contributed by atoms with Crippen molar-refractivity contribution >= 4 is 23.1 Å². The summed E-state index contributed by atoms with van der Waals surface area (Å²) in [4.78, 5) is 2.71. The minimum atomic E-state index is 1.27. The number of thiophene rings is 1. The van der Waals surface area contributed by atoms with Crippen LogP contribution in [0.1, 0.15) is 11.3 Å². The van der Waals surface area contributed by atoms with Crippen molar-refractivity contribution in [2.75, 3.05) is 6.26 Å². The molecule has 0 N–H and O–H groups in total. The zero-order valence-corrected chi connectivity index (χ0v) is 13.5. The summed E-state index contributed by atoms with van der Waals surface area (Å²) >= 11 is 3.63. The van der Waals surface area contributed by atoms with Crippen molar-refractivity contribution in [3.63, 3.8) is 0 Å². The van der Waals surface area contributed by atoms with E-state index in [1.54, 1.807) is 11.3 Å². The molecular formula is C17H17NS2. The fourth-order valence-corrected chi connectivity index (χ4v) is 4.12. The summed E-state index contributed by atoms with van der Waals surface area (Å²) < 4.78 is 2.32. The molecule has 0 amide bonds. The number of nitrogens with zero attached hydrogens (tertiary/aromatic N) is 1. The van der Waals surface area contributed by atoms with Crippen molar-refractivity contribution in [2.45, 2.75) is 18.7 Å². The minimum absolute atomic E-state index is 1.27. The fraction of sp³-hybridized carbons (Fsp3) is 0.176. The molecule has 1 aromatic carbocycles. The summed E-state index contributed by atoms with van der Waals surface area (Å²) in [6, 6.07) is 12.9. The van der Waals surface area contributed by atoms with Gasteiger partial charge >= 0.3 is 0 Å². The van der Waals surface area contributed by atoms with E-state index in [1.807, 2.05) is 11.8 Å². The Bertz CT molecular complexity index is 724. The summed E-state index contributed by atoms with van der Waals surface area (Å²) in [6.45, 7) is 4.37.